The molecule has 2 aromatic rings. The average molecular weight is 326 g/mol. The number of nitrogens with zero attached hydrogens (tertiary/aromatic N) is 2. The standard InChI is InChI=1S/C14H17BrFN3/c1-3-12-14(17)13(4-2)19(18-12)8-9-7-10(16)5-6-11(9)15/h5-7H,3-4,8,17H2,1-2H3. The fourth-order valence-corrected chi connectivity index (χ4v) is 2.53. The molecule has 1 aromatic heterocycles. The molecular weight excluding hydrogens is 309 g/mol. The lowest BCUT2D eigenvalue weighted by atomic mass is 10.2. The third-order valence-electron chi connectivity index (χ3n) is 3.17. The van der Waals surface area contributed by atoms with Gasteiger partial charge in [-0.25, -0.2) is 4.39 Å². The van der Waals surface area contributed by atoms with Gasteiger partial charge in [0, 0.05) is 4.47 Å². The normalized spacial score (nSPS) is 10.9. The highest BCUT2D eigenvalue weighted by atomic mass is 79.9. The van der Waals surface area contributed by atoms with Crippen LogP contribution in [0.3, 0.4) is 0 Å². The monoisotopic (exact) mass is 325 g/mol. The number of hydrogen-bond donors (Lipinski definition) is 1. The second-order valence-electron chi connectivity index (χ2n) is 4.41. The molecule has 3 nitrogen and oxygen atoms in total. The lowest BCUT2D eigenvalue weighted by Gasteiger charge is -2.08. The van der Waals surface area contributed by atoms with Gasteiger partial charge in [-0.05, 0) is 36.6 Å². The molecule has 0 aliphatic carbocycles. The van der Waals surface area contributed by atoms with Crippen LogP contribution in [-0.2, 0) is 19.4 Å². The number of nitrogen functional groups attached to an aromatic ring is 1. The molecule has 0 radical (unpaired) electrons. The van der Waals surface area contributed by atoms with Gasteiger partial charge in [0.05, 0.1) is 23.6 Å². The Morgan fingerprint density at radius 1 is 1.32 bits per heavy atom. The summed E-state index contributed by atoms with van der Waals surface area (Å²) in [5.41, 5.74) is 9.61. The van der Waals surface area contributed by atoms with Crippen molar-refractivity contribution in [3.05, 3.63) is 45.4 Å². The van der Waals surface area contributed by atoms with E-state index in [-0.39, 0.29) is 5.82 Å². The van der Waals surface area contributed by atoms with Crippen molar-refractivity contribution < 1.29 is 4.39 Å². The van der Waals surface area contributed by atoms with E-state index < -0.39 is 0 Å². The molecule has 0 amide bonds. The van der Waals surface area contributed by atoms with Gasteiger partial charge in [0.15, 0.2) is 0 Å². The lowest BCUT2D eigenvalue weighted by Crippen LogP contribution is -2.07. The van der Waals surface area contributed by atoms with E-state index in [4.69, 9.17) is 5.73 Å². The zero-order valence-corrected chi connectivity index (χ0v) is 12.7. The summed E-state index contributed by atoms with van der Waals surface area (Å²) in [5, 5.41) is 4.51. The fraction of sp³-hybridized carbons (Fsp3) is 0.357. The quantitative estimate of drug-likeness (QED) is 0.934. The predicted octanol–water partition coefficient (Wildman–Crippen LogP) is 3.54. The largest absolute Gasteiger partial charge is 0.396 e. The van der Waals surface area contributed by atoms with Crippen LogP contribution in [0.5, 0.6) is 0 Å². The average Bonchev–Trinajstić information content (AvgIpc) is 2.69. The third kappa shape index (κ3) is 2.81. The van der Waals surface area contributed by atoms with Gasteiger partial charge in [-0.2, -0.15) is 5.10 Å². The molecule has 1 heterocycles. The number of halogens is 2. The first-order valence-corrected chi connectivity index (χ1v) is 7.14. The van der Waals surface area contributed by atoms with Crippen LogP contribution in [0.25, 0.3) is 0 Å². The Morgan fingerprint density at radius 3 is 2.68 bits per heavy atom. The minimum atomic E-state index is -0.243. The van der Waals surface area contributed by atoms with Crippen LogP contribution in [0.2, 0.25) is 0 Å². The summed E-state index contributed by atoms with van der Waals surface area (Å²) in [7, 11) is 0. The van der Waals surface area contributed by atoms with E-state index in [1.807, 2.05) is 18.5 Å². The van der Waals surface area contributed by atoms with Crippen LogP contribution < -0.4 is 5.73 Å². The van der Waals surface area contributed by atoms with E-state index in [1.165, 1.54) is 12.1 Å². The SMILES string of the molecule is CCc1nn(Cc2cc(F)ccc2Br)c(CC)c1N. The molecule has 0 saturated carbocycles. The van der Waals surface area contributed by atoms with Crippen molar-refractivity contribution in [3.63, 3.8) is 0 Å². The molecule has 0 saturated heterocycles. The van der Waals surface area contributed by atoms with Crippen molar-refractivity contribution in [3.8, 4) is 0 Å². The van der Waals surface area contributed by atoms with E-state index in [0.29, 0.717) is 6.54 Å². The lowest BCUT2D eigenvalue weighted by molar-refractivity contribution is 0.610. The molecule has 102 valence electrons. The van der Waals surface area contributed by atoms with Gasteiger partial charge >= 0.3 is 0 Å². The number of anilines is 1. The smallest absolute Gasteiger partial charge is 0.123 e. The Balaban J connectivity index is 2.40. The van der Waals surface area contributed by atoms with Crippen molar-refractivity contribution in [2.75, 3.05) is 5.73 Å². The highest BCUT2D eigenvalue weighted by Crippen LogP contribution is 2.23. The van der Waals surface area contributed by atoms with Crippen LogP contribution in [0.1, 0.15) is 30.8 Å². The van der Waals surface area contributed by atoms with Gasteiger partial charge in [0.25, 0.3) is 0 Å². The minimum Gasteiger partial charge on any atom is -0.396 e. The summed E-state index contributed by atoms with van der Waals surface area (Å²) >= 11 is 3.44. The summed E-state index contributed by atoms with van der Waals surface area (Å²) in [6.45, 7) is 4.59. The third-order valence-corrected chi connectivity index (χ3v) is 3.95. The molecule has 0 atom stereocenters. The van der Waals surface area contributed by atoms with E-state index in [0.717, 1.165) is 40.0 Å². The molecule has 0 aliphatic rings. The van der Waals surface area contributed by atoms with Gasteiger partial charge < -0.3 is 5.73 Å². The first-order valence-electron chi connectivity index (χ1n) is 6.34. The number of nitrogens with two attached hydrogens (primary N) is 1. The van der Waals surface area contributed by atoms with Crippen LogP contribution in [-0.4, -0.2) is 9.78 Å². The zero-order valence-electron chi connectivity index (χ0n) is 11.1. The molecule has 2 N–H and O–H groups in total. The maximum absolute atomic E-state index is 13.3. The van der Waals surface area contributed by atoms with Crippen LogP contribution in [0, 0.1) is 5.82 Å². The number of rotatable bonds is 4. The molecule has 1 aromatic carbocycles. The predicted molar refractivity (Wildman–Crippen MR) is 78.6 cm³/mol. The maximum Gasteiger partial charge on any atom is 0.123 e. The van der Waals surface area contributed by atoms with Gasteiger partial charge in [-0.3, -0.25) is 4.68 Å². The molecular formula is C14H17BrFN3. The maximum atomic E-state index is 13.3. The summed E-state index contributed by atoms with van der Waals surface area (Å²) in [5.74, 6) is -0.243. The van der Waals surface area contributed by atoms with Gasteiger partial charge in [-0.15, -0.1) is 0 Å². The molecule has 0 aliphatic heterocycles. The van der Waals surface area contributed by atoms with Gasteiger partial charge in [0.2, 0.25) is 0 Å². The first-order chi connectivity index (χ1) is 9.06. The number of aromatic nitrogens is 2. The molecule has 0 unspecified atom stereocenters. The number of benzene rings is 1. The van der Waals surface area contributed by atoms with Crippen LogP contribution >= 0.6 is 15.9 Å². The molecule has 5 heteroatoms. The van der Waals surface area contributed by atoms with E-state index in [2.05, 4.69) is 21.0 Å². The van der Waals surface area contributed by atoms with Gasteiger partial charge in [-0.1, -0.05) is 29.8 Å². The highest BCUT2D eigenvalue weighted by molar-refractivity contribution is 9.10. The highest BCUT2D eigenvalue weighted by Gasteiger charge is 2.13. The second kappa shape index (κ2) is 5.74. The minimum absolute atomic E-state index is 0.243. The molecule has 0 bridgehead atoms. The Kier molecular flexibility index (Phi) is 4.24. The van der Waals surface area contributed by atoms with Gasteiger partial charge in [0.1, 0.15) is 5.82 Å². The van der Waals surface area contributed by atoms with Crippen molar-refractivity contribution in [1.82, 2.24) is 9.78 Å². The fourth-order valence-electron chi connectivity index (χ4n) is 2.16. The Bertz CT molecular complexity index is 593. The summed E-state index contributed by atoms with van der Waals surface area (Å²) < 4.78 is 16.1. The summed E-state index contributed by atoms with van der Waals surface area (Å²) in [4.78, 5) is 0. The van der Waals surface area contributed by atoms with E-state index in [9.17, 15) is 4.39 Å². The second-order valence-corrected chi connectivity index (χ2v) is 5.26. The zero-order chi connectivity index (χ0) is 14.0. The summed E-state index contributed by atoms with van der Waals surface area (Å²) in [6, 6.07) is 4.67. The Morgan fingerprint density at radius 2 is 2.05 bits per heavy atom. The van der Waals surface area contributed by atoms with Crippen molar-refractivity contribution in [2.24, 2.45) is 0 Å². The van der Waals surface area contributed by atoms with Crippen LogP contribution in [0.4, 0.5) is 10.1 Å². The van der Waals surface area contributed by atoms with Crippen molar-refractivity contribution in [2.45, 2.75) is 33.2 Å². The number of hydrogen-bond acceptors (Lipinski definition) is 2. The molecule has 19 heavy (non-hydrogen) atoms. The first kappa shape index (κ1) is 14.1. The molecule has 2 rings (SSSR count). The topological polar surface area (TPSA) is 43.8 Å². The van der Waals surface area contributed by atoms with E-state index >= 15 is 0 Å². The van der Waals surface area contributed by atoms with E-state index in [1.54, 1.807) is 6.07 Å². The van der Waals surface area contributed by atoms with Crippen molar-refractivity contribution in [1.29, 1.82) is 0 Å². The molecule has 0 fully saturated rings. The Labute approximate surface area is 120 Å². The molecule has 0 spiro atoms. The summed E-state index contributed by atoms with van der Waals surface area (Å²) in [6.07, 6.45) is 1.61. The Hall–Kier alpha value is -1.36. The van der Waals surface area contributed by atoms with Crippen LogP contribution in [0.15, 0.2) is 22.7 Å². The number of aryl methyl sites for hydroxylation is 1. The van der Waals surface area contributed by atoms with Crippen molar-refractivity contribution >= 4 is 21.6 Å².